The Kier molecular flexibility index (Phi) is 6.17. The maximum absolute atomic E-state index is 13.7. The normalized spacial score (nSPS) is 17.2. The number of nitrogens with two attached hydrogens (primary N) is 1. The molecule has 1 saturated heterocycles. The van der Waals surface area contributed by atoms with Crippen LogP contribution in [0, 0.1) is 5.41 Å². The second-order valence-corrected chi connectivity index (χ2v) is 10.4. The lowest BCUT2D eigenvalue weighted by Crippen LogP contribution is -2.26. The summed E-state index contributed by atoms with van der Waals surface area (Å²) in [6.07, 6.45) is 7.30. The molecule has 1 fully saturated rings. The third-order valence-corrected chi connectivity index (χ3v) is 7.54. The van der Waals surface area contributed by atoms with Gasteiger partial charge in [0.05, 0.1) is 23.6 Å². The van der Waals surface area contributed by atoms with Crippen molar-refractivity contribution in [3.63, 3.8) is 0 Å². The van der Waals surface area contributed by atoms with Gasteiger partial charge in [-0.05, 0) is 69.9 Å². The predicted molar refractivity (Wildman–Crippen MR) is 151 cm³/mol. The number of anilines is 1. The number of halogens is 2. The molecule has 3 aromatic heterocycles. The lowest BCUT2D eigenvalue weighted by molar-refractivity contribution is 0.0131. The molecular weight excluding hydrogens is 502 g/mol. The van der Waals surface area contributed by atoms with Gasteiger partial charge in [0.2, 0.25) is 0 Å². The molecule has 6 rings (SSSR count). The van der Waals surface area contributed by atoms with E-state index in [0.717, 1.165) is 33.2 Å². The van der Waals surface area contributed by atoms with Crippen LogP contribution in [0.5, 0.6) is 0 Å². The molecule has 0 bridgehead atoms. The van der Waals surface area contributed by atoms with Crippen LogP contribution in [-0.4, -0.2) is 46.1 Å². The molecule has 2 aliphatic rings. The number of rotatable bonds is 6. The van der Waals surface area contributed by atoms with E-state index in [4.69, 9.17) is 16.1 Å². The van der Waals surface area contributed by atoms with Gasteiger partial charge in [-0.15, -0.1) is 0 Å². The quantitative estimate of drug-likeness (QED) is 0.231. The van der Waals surface area contributed by atoms with Crippen molar-refractivity contribution in [1.82, 2.24) is 20.2 Å². The number of nitrogen functional groups attached to an aromatic ring is 1. The Morgan fingerprint density at radius 3 is 2.89 bits per heavy atom. The minimum absolute atomic E-state index is 0.113. The van der Waals surface area contributed by atoms with Gasteiger partial charge in [-0.2, -0.15) is 11.3 Å². The molecule has 4 aromatic rings. The van der Waals surface area contributed by atoms with Crippen LogP contribution in [0.15, 0.2) is 83.3 Å². The van der Waals surface area contributed by atoms with Crippen LogP contribution in [0.3, 0.4) is 0 Å². The van der Waals surface area contributed by atoms with Crippen molar-refractivity contribution in [2.75, 3.05) is 25.4 Å². The van der Waals surface area contributed by atoms with Gasteiger partial charge in [-0.1, -0.05) is 12.1 Å². The summed E-state index contributed by atoms with van der Waals surface area (Å²) in [4.78, 5) is 9.88. The fraction of sp³-hybridized carbons (Fsp3) is 0.172. The number of nitrogens with one attached hydrogen (secondary N) is 3. The zero-order valence-electron chi connectivity index (χ0n) is 20.5. The second-order valence-electron chi connectivity index (χ2n) is 9.61. The Morgan fingerprint density at radius 2 is 2.11 bits per heavy atom. The van der Waals surface area contributed by atoms with E-state index >= 15 is 0 Å². The van der Waals surface area contributed by atoms with E-state index in [0.29, 0.717) is 35.9 Å². The van der Waals surface area contributed by atoms with E-state index in [1.165, 1.54) is 0 Å². The monoisotopic (exact) mass is 528 g/mol. The summed E-state index contributed by atoms with van der Waals surface area (Å²) in [5.41, 5.74) is 13.4. The van der Waals surface area contributed by atoms with E-state index in [9.17, 15) is 8.78 Å². The first kappa shape index (κ1) is 24.3. The summed E-state index contributed by atoms with van der Waals surface area (Å²) >= 11 is 1.65. The Morgan fingerprint density at radius 1 is 1.21 bits per heavy atom. The topological polar surface area (TPSA) is 93.8 Å². The van der Waals surface area contributed by atoms with Crippen molar-refractivity contribution in [3.05, 3.63) is 100 Å². The van der Waals surface area contributed by atoms with Crippen LogP contribution in [0.1, 0.15) is 23.5 Å². The molecule has 2 aliphatic heterocycles. The Balaban J connectivity index is 1.30. The number of nitrogens with zero attached hydrogens (tertiary/aromatic N) is 2. The Hall–Kier alpha value is -4.08. The van der Waals surface area contributed by atoms with Crippen LogP contribution in [0.25, 0.3) is 27.6 Å². The van der Waals surface area contributed by atoms with Gasteiger partial charge in [0.25, 0.3) is 5.92 Å². The van der Waals surface area contributed by atoms with Crippen LogP contribution in [0.2, 0.25) is 0 Å². The number of allylic oxidation sites excluding steroid dienone is 2. The molecule has 1 aromatic carbocycles. The number of thiophene rings is 1. The number of hydrogen-bond donors (Lipinski definition) is 4. The van der Waals surface area contributed by atoms with E-state index in [-0.39, 0.29) is 18.7 Å². The molecule has 192 valence electrons. The lowest BCUT2D eigenvalue weighted by Gasteiger charge is -2.16. The summed E-state index contributed by atoms with van der Waals surface area (Å²) in [7, 11) is 0. The number of fused-ring (bicyclic) bond motifs is 1. The predicted octanol–water partition coefficient (Wildman–Crippen LogP) is 6.01. The number of H-pyrrole nitrogens is 1. The molecule has 9 heteroatoms. The Labute approximate surface area is 222 Å². The first-order valence-corrected chi connectivity index (χ1v) is 13.2. The van der Waals surface area contributed by atoms with Gasteiger partial charge in [-0.3, -0.25) is 10.3 Å². The SMILES string of the molecule is N=C(c1cc2c(-c3ccsc3)cccc2[nH]1)c1nc(C2=CNC=CC(CN3CCC(F)(F)C3)=C2)ccc1N. The number of alkyl halides is 2. The van der Waals surface area contributed by atoms with Gasteiger partial charge in [-0.25, -0.2) is 13.8 Å². The lowest BCUT2D eigenvalue weighted by atomic mass is 10.0. The van der Waals surface area contributed by atoms with Crippen molar-refractivity contribution < 1.29 is 8.78 Å². The summed E-state index contributed by atoms with van der Waals surface area (Å²) in [5, 5.41) is 17.3. The van der Waals surface area contributed by atoms with E-state index < -0.39 is 5.92 Å². The van der Waals surface area contributed by atoms with Crippen molar-refractivity contribution in [2.45, 2.75) is 12.3 Å². The van der Waals surface area contributed by atoms with Gasteiger partial charge in [0.15, 0.2) is 0 Å². The van der Waals surface area contributed by atoms with Gasteiger partial charge in [0, 0.05) is 48.4 Å². The first-order valence-electron chi connectivity index (χ1n) is 12.3. The van der Waals surface area contributed by atoms with Crippen LogP contribution in [-0.2, 0) is 0 Å². The fourth-order valence-corrected chi connectivity index (χ4v) is 5.60. The van der Waals surface area contributed by atoms with Crippen molar-refractivity contribution in [3.8, 4) is 11.1 Å². The van der Waals surface area contributed by atoms with Crippen molar-refractivity contribution in [2.24, 2.45) is 0 Å². The largest absolute Gasteiger partial charge is 0.397 e. The minimum atomic E-state index is -2.63. The molecule has 0 atom stereocenters. The molecule has 5 heterocycles. The maximum Gasteiger partial charge on any atom is 0.261 e. The highest BCUT2D eigenvalue weighted by Crippen LogP contribution is 2.32. The summed E-state index contributed by atoms with van der Waals surface area (Å²) in [6, 6.07) is 13.7. The zero-order valence-corrected chi connectivity index (χ0v) is 21.3. The van der Waals surface area contributed by atoms with Crippen molar-refractivity contribution in [1.29, 1.82) is 5.41 Å². The number of pyridine rings is 1. The highest BCUT2D eigenvalue weighted by molar-refractivity contribution is 7.08. The number of aromatic amines is 1. The molecule has 0 aliphatic carbocycles. The summed E-state index contributed by atoms with van der Waals surface area (Å²) < 4.78 is 27.4. The Bertz CT molecular complexity index is 1610. The number of hydrogen-bond acceptors (Lipinski definition) is 6. The first-order chi connectivity index (χ1) is 18.4. The van der Waals surface area contributed by atoms with Crippen LogP contribution >= 0.6 is 11.3 Å². The van der Waals surface area contributed by atoms with Gasteiger partial charge in [0.1, 0.15) is 11.4 Å². The standard InChI is InChI=1S/C29H26F2N6S/c30-29(31)8-10-37(17-29)15-18-6-9-34-14-20(12-18)24-5-4-23(32)28(36-24)27(33)26-13-22-21(19-7-11-38-16-19)2-1-3-25(22)35-26/h1-7,9,11-14,16,33-35H,8,10,15,17,32H2. The average Bonchev–Trinajstić information content (AvgIpc) is 3.62. The van der Waals surface area contributed by atoms with E-state index in [1.807, 2.05) is 48.0 Å². The number of benzene rings is 1. The van der Waals surface area contributed by atoms with Crippen LogP contribution in [0.4, 0.5) is 14.5 Å². The molecule has 0 unspecified atom stereocenters. The highest BCUT2D eigenvalue weighted by Gasteiger charge is 2.38. The zero-order chi connectivity index (χ0) is 26.3. The molecule has 0 amide bonds. The van der Waals surface area contributed by atoms with Crippen molar-refractivity contribution >= 4 is 39.2 Å². The molecule has 5 N–H and O–H groups in total. The molecule has 0 saturated carbocycles. The molecule has 0 spiro atoms. The summed E-state index contributed by atoms with van der Waals surface area (Å²) in [6.45, 7) is 0.555. The highest BCUT2D eigenvalue weighted by atomic mass is 32.1. The molecular formula is C29H26F2N6S. The smallest absolute Gasteiger partial charge is 0.261 e. The average molecular weight is 529 g/mol. The van der Waals surface area contributed by atoms with Crippen LogP contribution < -0.4 is 11.1 Å². The van der Waals surface area contributed by atoms with Gasteiger partial charge >= 0.3 is 0 Å². The summed E-state index contributed by atoms with van der Waals surface area (Å²) in [5.74, 6) is -2.63. The maximum atomic E-state index is 13.7. The van der Waals surface area contributed by atoms with E-state index in [1.54, 1.807) is 28.5 Å². The molecule has 6 nitrogen and oxygen atoms in total. The number of likely N-dealkylation sites (tertiary alicyclic amines) is 1. The third-order valence-electron chi connectivity index (χ3n) is 6.85. The molecule has 38 heavy (non-hydrogen) atoms. The molecule has 0 radical (unpaired) electrons. The second kappa shape index (κ2) is 9.66. The third kappa shape index (κ3) is 4.78. The minimum Gasteiger partial charge on any atom is -0.397 e. The number of aromatic nitrogens is 2. The van der Waals surface area contributed by atoms with Gasteiger partial charge < -0.3 is 16.0 Å². The fourth-order valence-electron chi connectivity index (χ4n) is 4.95. The van der Waals surface area contributed by atoms with E-state index in [2.05, 4.69) is 27.8 Å².